The highest BCUT2D eigenvalue weighted by Crippen LogP contribution is 2.36. The summed E-state index contributed by atoms with van der Waals surface area (Å²) in [7, 11) is 0. The summed E-state index contributed by atoms with van der Waals surface area (Å²) in [6.45, 7) is 0. The van der Waals surface area contributed by atoms with Gasteiger partial charge in [0.1, 0.15) is 11.6 Å². The van der Waals surface area contributed by atoms with Crippen LogP contribution in [0.5, 0.6) is 0 Å². The summed E-state index contributed by atoms with van der Waals surface area (Å²) in [6, 6.07) is 18.5. The second kappa shape index (κ2) is 8.49. The number of hydrogen-bond donors (Lipinski definition) is 0. The summed E-state index contributed by atoms with van der Waals surface area (Å²) in [5.74, 6) is 4.56. The average molecular weight is 401 g/mol. The first-order valence-corrected chi connectivity index (χ1v) is 9.84. The van der Waals surface area contributed by atoms with Crippen LogP contribution in [0.15, 0.2) is 65.7 Å². The highest BCUT2D eigenvalue weighted by Gasteiger charge is 2.18. The number of benzene rings is 3. The molecule has 0 saturated heterocycles. The van der Waals surface area contributed by atoms with Gasteiger partial charge in [0.15, 0.2) is 0 Å². The lowest BCUT2D eigenvalue weighted by Crippen LogP contribution is -2.08. The molecule has 1 saturated carbocycles. The molecule has 0 radical (unpaired) electrons. The first-order chi connectivity index (χ1) is 14.1. The Bertz CT molecular complexity index is 1120. The summed E-state index contributed by atoms with van der Waals surface area (Å²) in [6.07, 6.45) is 3.90. The van der Waals surface area contributed by atoms with Gasteiger partial charge in [-0.15, -0.1) is 0 Å². The molecule has 4 heteroatoms. The molecule has 3 aromatic carbocycles. The third-order valence-electron chi connectivity index (χ3n) is 5.24. The predicted octanol–water partition coefficient (Wildman–Crippen LogP) is 7.03. The minimum absolute atomic E-state index is 0.0771. The van der Waals surface area contributed by atoms with Gasteiger partial charge in [0.25, 0.3) is 0 Å². The Morgan fingerprint density at radius 3 is 1.93 bits per heavy atom. The highest BCUT2D eigenvalue weighted by atomic mass is 32.1. The van der Waals surface area contributed by atoms with Crippen molar-refractivity contribution < 1.29 is 8.78 Å². The van der Waals surface area contributed by atoms with Crippen LogP contribution in [0.3, 0.4) is 0 Å². The van der Waals surface area contributed by atoms with E-state index >= 15 is 0 Å². The molecule has 0 atom stereocenters. The maximum Gasteiger partial charge on any atom is 0.143 e. The fourth-order valence-corrected chi connectivity index (χ4v) is 3.47. The van der Waals surface area contributed by atoms with Crippen LogP contribution in [0, 0.1) is 23.5 Å². The third kappa shape index (κ3) is 4.32. The van der Waals surface area contributed by atoms with E-state index in [0.717, 1.165) is 29.2 Å². The molecule has 1 fully saturated rings. The zero-order chi connectivity index (χ0) is 20.2. The summed E-state index contributed by atoms with van der Waals surface area (Å²) in [4.78, 5) is 3.59. The minimum atomic E-state index is -0.773. The lowest BCUT2D eigenvalue weighted by atomic mass is 9.80. The van der Waals surface area contributed by atoms with Gasteiger partial charge in [0.2, 0.25) is 0 Å². The van der Waals surface area contributed by atoms with Crippen LogP contribution in [0.25, 0.3) is 11.1 Å². The monoisotopic (exact) mass is 401 g/mol. The van der Waals surface area contributed by atoms with E-state index in [1.165, 1.54) is 24.8 Å². The van der Waals surface area contributed by atoms with Crippen molar-refractivity contribution in [3.05, 3.63) is 89.0 Å². The zero-order valence-corrected chi connectivity index (χ0v) is 16.4. The molecule has 1 nitrogen and oxygen atoms in total. The fourth-order valence-electron chi connectivity index (χ4n) is 3.37. The van der Waals surface area contributed by atoms with Crippen molar-refractivity contribution in [3.63, 3.8) is 0 Å². The lowest BCUT2D eigenvalue weighted by molar-refractivity contribution is 0.420. The van der Waals surface area contributed by atoms with Crippen LogP contribution in [-0.4, -0.2) is 5.16 Å². The number of aliphatic imine (C=N–C) groups is 1. The van der Waals surface area contributed by atoms with E-state index in [2.05, 4.69) is 58.5 Å². The standard InChI is InChI=1S/C25H17F2NS/c26-24-14-22(28-16-29)15-25(27)23(24)13-6-17-4-7-19(8-5-17)21-11-9-20(10-12-21)18-2-1-3-18/h4-5,7-12,14-15,18H,1-3H2. The lowest BCUT2D eigenvalue weighted by Gasteiger charge is -2.25. The number of rotatable bonds is 3. The van der Waals surface area contributed by atoms with E-state index in [9.17, 15) is 8.78 Å². The van der Waals surface area contributed by atoms with E-state index in [1.807, 2.05) is 24.3 Å². The maximum absolute atomic E-state index is 14.1. The van der Waals surface area contributed by atoms with Gasteiger partial charge in [0.05, 0.1) is 16.4 Å². The van der Waals surface area contributed by atoms with Crippen LogP contribution < -0.4 is 0 Å². The van der Waals surface area contributed by atoms with Gasteiger partial charge in [-0.2, -0.15) is 4.99 Å². The van der Waals surface area contributed by atoms with E-state index in [4.69, 9.17) is 0 Å². The number of nitrogens with zero attached hydrogens (tertiary/aromatic N) is 1. The van der Waals surface area contributed by atoms with Crippen LogP contribution in [0.1, 0.15) is 41.9 Å². The zero-order valence-electron chi connectivity index (χ0n) is 15.6. The number of thiocarbonyl (C=S) groups is 1. The minimum Gasteiger partial charge on any atom is -0.205 e. The molecule has 0 aliphatic heterocycles. The molecular formula is C25H17F2NS. The largest absolute Gasteiger partial charge is 0.205 e. The first-order valence-electron chi connectivity index (χ1n) is 9.43. The highest BCUT2D eigenvalue weighted by molar-refractivity contribution is 7.78. The number of hydrogen-bond acceptors (Lipinski definition) is 2. The van der Waals surface area contributed by atoms with E-state index in [0.29, 0.717) is 5.56 Å². The van der Waals surface area contributed by atoms with E-state index in [1.54, 1.807) is 0 Å². The molecule has 0 N–H and O–H groups in total. The first kappa shape index (κ1) is 19.2. The average Bonchev–Trinajstić information content (AvgIpc) is 2.67. The van der Waals surface area contributed by atoms with Gasteiger partial charge in [-0.05, 0) is 59.8 Å². The normalized spacial score (nSPS) is 13.0. The Labute approximate surface area is 174 Å². The van der Waals surface area contributed by atoms with Crippen LogP contribution in [-0.2, 0) is 0 Å². The SMILES string of the molecule is Fc1cc(N=C=S)cc(F)c1C#Cc1ccc(-c2ccc(C3CCC3)cc2)cc1. The Hall–Kier alpha value is -3.12. The predicted molar refractivity (Wildman–Crippen MR) is 115 cm³/mol. The van der Waals surface area contributed by atoms with Gasteiger partial charge in [-0.3, -0.25) is 0 Å². The quantitative estimate of drug-likeness (QED) is 0.261. The molecular weight excluding hydrogens is 384 g/mol. The smallest absolute Gasteiger partial charge is 0.143 e. The Morgan fingerprint density at radius 1 is 0.828 bits per heavy atom. The van der Waals surface area contributed by atoms with E-state index in [-0.39, 0.29) is 11.3 Å². The molecule has 142 valence electrons. The summed E-state index contributed by atoms with van der Waals surface area (Å²) < 4.78 is 28.2. The summed E-state index contributed by atoms with van der Waals surface area (Å²) >= 11 is 4.45. The molecule has 0 bridgehead atoms. The molecule has 0 amide bonds. The Morgan fingerprint density at radius 2 is 1.41 bits per heavy atom. The second-order valence-corrected chi connectivity index (χ2v) is 7.25. The molecule has 1 aliphatic rings. The van der Waals surface area contributed by atoms with Crippen LogP contribution in [0.2, 0.25) is 0 Å². The molecule has 0 unspecified atom stereocenters. The second-order valence-electron chi connectivity index (χ2n) is 7.06. The Balaban J connectivity index is 1.53. The summed E-state index contributed by atoms with van der Waals surface area (Å²) in [5.41, 5.74) is 4.10. The molecule has 0 aromatic heterocycles. The van der Waals surface area contributed by atoms with Crippen molar-refractivity contribution in [2.24, 2.45) is 4.99 Å². The van der Waals surface area contributed by atoms with Crippen molar-refractivity contribution in [2.75, 3.05) is 0 Å². The molecule has 29 heavy (non-hydrogen) atoms. The Kier molecular flexibility index (Phi) is 5.62. The van der Waals surface area contributed by atoms with E-state index < -0.39 is 11.6 Å². The molecule has 4 rings (SSSR count). The summed E-state index contributed by atoms with van der Waals surface area (Å²) in [5, 5.41) is 2.09. The van der Waals surface area contributed by atoms with Gasteiger partial charge in [0, 0.05) is 17.7 Å². The molecule has 3 aromatic rings. The van der Waals surface area contributed by atoms with Crippen LogP contribution >= 0.6 is 12.2 Å². The number of isothiocyanates is 1. The molecule has 0 heterocycles. The molecule has 1 aliphatic carbocycles. The van der Waals surface area contributed by atoms with Crippen LogP contribution in [0.4, 0.5) is 14.5 Å². The van der Waals surface area contributed by atoms with Gasteiger partial charge < -0.3 is 0 Å². The fraction of sp³-hybridized carbons (Fsp3) is 0.160. The van der Waals surface area contributed by atoms with Gasteiger partial charge in [-0.1, -0.05) is 54.7 Å². The van der Waals surface area contributed by atoms with Gasteiger partial charge in [-0.25, -0.2) is 8.78 Å². The maximum atomic E-state index is 14.1. The van der Waals surface area contributed by atoms with Crippen molar-refractivity contribution in [2.45, 2.75) is 25.2 Å². The van der Waals surface area contributed by atoms with Crippen molar-refractivity contribution in [3.8, 4) is 23.0 Å². The third-order valence-corrected chi connectivity index (χ3v) is 5.33. The van der Waals surface area contributed by atoms with Gasteiger partial charge >= 0.3 is 0 Å². The van der Waals surface area contributed by atoms with Crippen molar-refractivity contribution in [1.29, 1.82) is 0 Å². The number of halogens is 2. The topological polar surface area (TPSA) is 12.4 Å². The van der Waals surface area contributed by atoms with Crippen molar-refractivity contribution in [1.82, 2.24) is 0 Å². The molecule has 0 spiro atoms. The van der Waals surface area contributed by atoms with Crippen molar-refractivity contribution >= 4 is 23.1 Å².